The van der Waals surface area contributed by atoms with Gasteiger partial charge >= 0.3 is 0 Å². The number of benzene rings is 2. The molecule has 0 spiro atoms. The Bertz CT molecular complexity index is 2230. The predicted octanol–water partition coefficient (Wildman–Crippen LogP) is 4.23. The molecule has 4 aliphatic rings. The highest BCUT2D eigenvalue weighted by atomic mass is 16.5. The Morgan fingerprint density at radius 1 is 0.736 bits per heavy atom. The molecule has 4 unspecified atom stereocenters. The number of anilines is 1. The molecule has 0 radical (unpaired) electrons. The lowest BCUT2D eigenvalue weighted by Gasteiger charge is -2.51. The van der Waals surface area contributed by atoms with Gasteiger partial charge in [0.1, 0.15) is 29.4 Å². The summed E-state index contributed by atoms with van der Waals surface area (Å²) < 4.78 is 11.6. The molecule has 8 heterocycles. The number of imidazole rings is 2. The van der Waals surface area contributed by atoms with E-state index in [4.69, 9.17) is 35.9 Å². The summed E-state index contributed by atoms with van der Waals surface area (Å²) in [6.07, 6.45) is 8.78. The summed E-state index contributed by atoms with van der Waals surface area (Å²) in [6, 6.07) is 14.2. The summed E-state index contributed by atoms with van der Waals surface area (Å²) in [6.45, 7) is 6.23. The van der Waals surface area contributed by atoms with Crippen LogP contribution in [0.4, 0.5) is 5.82 Å². The first kappa shape index (κ1) is 33.2. The molecule has 2 aromatic carbocycles. The number of nitrogens with zero attached hydrogens (tertiary/aromatic N) is 5. The number of hydrogen-bond acceptors (Lipinski definition) is 10. The van der Waals surface area contributed by atoms with Gasteiger partial charge in [-0.25, -0.2) is 19.9 Å². The van der Waals surface area contributed by atoms with Crippen LogP contribution in [0.15, 0.2) is 55.0 Å². The highest BCUT2D eigenvalue weighted by Gasteiger charge is 2.53. The van der Waals surface area contributed by atoms with E-state index in [2.05, 4.69) is 72.6 Å². The SMILES string of the molecule is NC(C(N)C1(c2nc3c(C4CCOC4)cccc3[nH]2)CCN(c2ncnc3[nH]ccc23)CC1)C1(c2nc3c(C4CCOC4)cccc3[nH]2)CCNCC1. The van der Waals surface area contributed by atoms with Crippen molar-refractivity contribution in [2.75, 3.05) is 57.5 Å². The molecule has 4 saturated heterocycles. The fraction of sp³-hybridized carbons (Fsp3) is 0.500. The van der Waals surface area contributed by atoms with Gasteiger partial charge in [0.2, 0.25) is 0 Å². The van der Waals surface area contributed by atoms with E-state index in [1.165, 1.54) is 11.1 Å². The lowest BCUT2D eigenvalue weighted by molar-refractivity contribution is 0.155. The topological polar surface area (TPSA) is 185 Å². The minimum Gasteiger partial charge on any atom is -0.381 e. The van der Waals surface area contributed by atoms with Crippen molar-refractivity contribution in [2.45, 2.75) is 73.3 Å². The third kappa shape index (κ3) is 5.38. The van der Waals surface area contributed by atoms with Crippen molar-refractivity contribution in [1.29, 1.82) is 0 Å². The molecule has 6 aromatic rings. The van der Waals surface area contributed by atoms with Crippen molar-refractivity contribution in [1.82, 2.24) is 40.2 Å². The predicted molar refractivity (Wildman–Crippen MR) is 205 cm³/mol. The number of nitrogens with two attached hydrogens (primary N) is 2. The minimum atomic E-state index is -0.529. The molecule has 276 valence electrons. The van der Waals surface area contributed by atoms with Crippen LogP contribution < -0.4 is 21.7 Å². The van der Waals surface area contributed by atoms with Crippen molar-refractivity contribution in [2.24, 2.45) is 11.5 Å². The quantitative estimate of drug-likeness (QED) is 0.133. The second kappa shape index (κ2) is 13.2. The molecule has 0 aliphatic carbocycles. The number of aromatic nitrogens is 7. The molecule has 13 nitrogen and oxygen atoms in total. The average molecular weight is 716 g/mol. The van der Waals surface area contributed by atoms with E-state index in [-0.39, 0.29) is 0 Å². The molecule has 8 N–H and O–H groups in total. The summed E-state index contributed by atoms with van der Waals surface area (Å²) in [5.41, 5.74) is 21.9. The van der Waals surface area contributed by atoms with Crippen LogP contribution >= 0.6 is 0 Å². The first-order valence-corrected chi connectivity index (χ1v) is 19.4. The van der Waals surface area contributed by atoms with Crippen LogP contribution in [0.25, 0.3) is 33.1 Å². The van der Waals surface area contributed by atoms with E-state index < -0.39 is 22.9 Å². The Kier molecular flexibility index (Phi) is 8.25. The Morgan fingerprint density at radius 3 is 1.89 bits per heavy atom. The fourth-order valence-electron chi connectivity index (χ4n) is 10.0. The average Bonchev–Trinajstić information content (AvgIpc) is 4.06. The lowest BCUT2D eigenvalue weighted by Crippen LogP contribution is -2.67. The van der Waals surface area contributed by atoms with Gasteiger partial charge in [0, 0.05) is 67.2 Å². The van der Waals surface area contributed by atoms with Gasteiger partial charge in [-0.05, 0) is 80.9 Å². The zero-order chi connectivity index (χ0) is 35.6. The van der Waals surface area contributed by atoms with E-state index in [0.29, 0.717) is 11.8 Å². The van der Waals surface area contributed by atoms with E-state index in [1.807, 2.05) is 6.20 Å². The first-order chi connectivity index (χ1) is 26.0. The number of para-hydroxylation sites is 2. The van der Waals surface area contributed by atoms with E-state index in [0.717, 1.165) is 142 Å². The lowest BCUT2D eigenvalue weighted by atomic mass is 9.61. The summed E-state index contributed by atoms with van der Waals surface area (Å²) in [5.74, 6) is 3.49. The maximum absolute atomic E-state index is 7.74. The molecular weight excluding hydrogens is 667 g/mol. The monoisotopic (exact) mass is 715 g/mol. The fourth-order valence-corrected chi connectivity index (χ4v) is 10.0. The van der Waals surface area contributed by atoms with Crippen LogP contribution in [-0.2, 0) is 20.3 Å². The van der Waals surface area contributed by atoms with Crippen LogP contribution in [0.2, 0.25) is 0 Å². The van der Waals surface area contributed by atoms with Crippen molar-refractivity contribution in [3.63, 3.8) is 0 Å². The zero-order valence-corrected chi connectivity index (χ0v) is 30.1. The molecule has 4 atom stereocenters. The molecule has 0 saturated carbocycles. The molecular formula is C40H49N11O2. The van der Waals surface area contributed by atoms with Crippen LogP contribution in [0.3, 0.4) is 0 Å². The number of hydrogen-bond donors (Lipinski definition) is 6. The molecule has 0 amide bonds. The number of H-pyrrole nitrogens is 3. The minimum absolute atomic E-state index is 0.330. The number of rotatable bonds is 8. The van der Waals surface area contributed by atoms with Gasteiger partial charge in [-0.3, -0.25) is 0 Å². The number of fused-ring (bicyclic) bond motifs is 3. The number of nitrogens with one attached hydrogen (secondary N) is 4. The Balaban J connectivity index is 1.06. The maximum Gasteiger partial charge on any atom is 0.142 e. The molecule has 0 bridgehead atoms. The van der Waals surface area contributed by atoms with Crippen molar-refractivity contribution in [3.05, 3.63) is 77.8 Å². The zero-order valence-electron chi connectivity index (χ0n) is 30.1. The molecule has 4 fully saturated rings. The summed E-state index contributed by atoms with van der Waals surface area (Å²) in [5, 5.41) is 4.62. The van der Waals surface area contributed by atoms with E-state index >= 15 is 0 Å². The van der Waals surface area contributed by atoms with Crippen molar-refractivity contribution >= 4 is 38.9 Å². The van der Waals surface area contributed by atoms with Crippen LogP contribution in [0.1, 0.15) is 73.1 Å². The van der Waals surface area contributed by atoms with E-state index in [1.54, 1.807) is 6.33 Å². The van der Waals surface area contributed by atoms with Gasteiger partial charge in [-0.1, -0.05) is 24.3 Å². The van der Waals surface area contributed by atoms with Gasteiger partial charge in [0.25, 0.3) is 0 Å². The van der Waals surface area contributed by atoms with Gasteiger partial charge < -0.3 is 46.1 Å². The maximum atomic E-state index is 7.74. The second-order valence-corrected chi connectivity index (χ2v) is 15.8. The standard InChI is InChI=1S/C40H49N11O2/c41-33(39(10-15-43-16-11-39)37-47-29-5-1-3-26(31(29)49-37)24-8-19-52-21-24)34(42)40(12-17-51(18-13-40)36-28-7-14-44-35(28)45-23-46-36)38-48-30-6-2-4-27(32(30)50-38)25-9-20-53-22-25/h1-7,14,23-25,33-34,43H,8-13,15-22,41-42H2,(H,47,49)(H,48,50)(H,44,45,46). The smallest absolute Gasteiger partial charge is 0.142 e. The third-order valence-electron chi connectivity index (χ3n) is 13.2. The van der Waals surface area contributed by atoms with Gasteiger partial charge in [0.05, 0.1) is 40.7 Å². The normalized spacial score (nSPS) is 24.4. The molecule has 53 heavy (non-hydrogen) atoms. The number of piperidine rings is 2. The van der Waals surface area contributed by atoms with Gasteiger partial charge in [-0.2, -0.15) is 0 Å². The Morgan fingerprint density at radius 2 is 1.32 bits per heavy atom. The van der Waals surface area contributed by atoms with Crippen LogP contribution in [0, 0.1) is 0 Å². The first-order valence-electron chi connectivity index (χ1n) is 19.4. The Hall–Kier alpha value is -4.40. The van der Waals surface area contributed by atoms with E-state index in [9.17, 15) is 0 Å². The molecule has 4 aliphatic heterocycles. The highest BCUT2D eigenvalue weighted by molar-refractivity contribution is 5.87. The Labute approximate surface area is 308 Å². The summed E-state index contributed by atoms with van der Waals surface area (Å²) in [4.78, 5) is 33.3. The van der Waals surface area contributed by atoms with Gasteiger partial charge in [-0.15, -0.1) is 0 Å². The second-order valence-electron chi connectivity index (χ2n) is 15.8. The molecule has 4 aromatic heterocycles. The summed E-state index contributed by atoms with van der Waals surface area (Å²) in [7, 11) is 0. The van der Waals surface area contributed by atoms with Crippen LogP contribution in [-0.4, -0.2) is 99.6 Å². The van der Waals surface area contributed by atoms with Gasteiger partial charge in [0.15, 0.2) is 0 Å². The largest absolute Gasteiger partial charge is 0.381 e. The highest BCUT2D eigenvalue weighted by Crippen LogP contribution is 2.46. The van der Waals surface area contributed by atoms with Crippen molar-refractivity contribution in [3.8, 4) is 0 Å². The summed E-state index contributed by atoms with van der Waals surface area (Å²) >= 11 is 0. The number of ether oxygens (including phenoxy) is 2. The molecule has 13 heteroatoms. The number of aromatic amines is 3. The molecule has 10 rings (SSSR count). The third-order valence-corrected chi connectivity index (χ3v) is 13.2. The van der Waals surface area contributed by atoms with Crippen molar-refractivity contribution < 1.29 is 9.47 Å². The van der Waals surface area contributed by atoms with Crippen LogP contribution in [0.5, 0.6) is 0 Å².